The molecule has 118 valence electrons. The smallest absolute Gasteiger partial charge is 0.0922 e. The standard InChI is InChI=1S/C17H27NO3/c1-3-4-5-6-14-7-9-15(10-8-14)11-12-17(20)16(13-19)18-21-2/h7-12,16-20H,3-6,13H2,1-2H3/b12-11+/t16-,17+/m1/s1. The van der Waals surface area contributed by atoms with Crippen LogP contribution in [0.25, 0.3) is 6.08 Å². The van der Waals surface area contributed by atoms with E-state index in [0.717, 1.165) is 12.0 Å². The molecule has 1 aromatic carbocycles. The molecule has 0 aliphatic rings. The zero-order valence-electron chi connectivity index (χ0n) is 13.0. The SMILES string of the molecule is CCCCCc1ccc(/C=C/[C@H](O)[C@@H](CO)NOC)cc1. The Morgan fingerprint density at radius 1 is 1.24 bits per heavy atom. The van der Waals surface area contributed by atoms with Gasteiger partial charge in [-0.1, -0.05) is 56.2 Å². The van der Waals surface area contributed by atoms with Crippen LogP contribution in [-0.2, 0) is 11.3 Å². The van der Waals surface area contributed by atoms with Crippen molar-refractivity contribution in [2.24, 2.45) is 0 Å². The lowest BCUT2D eigenvalue weighted by atomic mass is 10.0. The minimum absolute atomic E-state index is 0.199. The molecule has 4 nitrogen and oxygen atoms in total. The molecule has 2 atom stereocenters. The summed E-state index contributed by atoms with van der Waals surface area (Å²) in [5.74, 6) is 0. The van der Waals surface area contributed by atoms with Gasteiger partial charge in [-0.05, 0) is 24.0 Å². The maximum absolute atomic E-state index is 9.91. The molecule has 0 bridgehead atoms. The van der Waals surface area contributed by atoms with Crippen molar-refractivity contribution >= 4 is 6.08 Å². The van der Waals surface area contributed by atoms with Crippen LogP contribution in [0.2, 0.25) is 0 Å². The van der Waals surface area contributed by atoms with Gasteiger partial charge in [0.25, 0.3) is 0 Å². The molecule has 0 aromatic heterocycles. The minimum atomic E-state index is -0.806. The van der Waals surface area contributed by atoms with Gasteiger partial charge in [-0.15, -0.1) is 0 Å². The molecule has 0 radical (unpaired) electrons. The lowest BCUT2D eigenvalue weighted by Gasteiger charge is -2.17. The summed E-state index contributed by atoms with van der Waals surface area (Å²) in [5, 5.41) is 19.0. The van der Waals surface area contributed by atoms with Crippen molar-refractivity contribution in [2.75, 3.05) is 13.7 Å². The van der Waals surface area contributed by atoms with Crippen LogP contribution >= 0.6 is 0 Å². The van der Waals surface area contributed by atoms with Crippen LogP contribution in [-0.4, -0.2) is 36.1 Å². The van der Waals surface area contributed by atoms with Crippen molar-refractivity contribution in [3.05, 3.63) is 41.5 Å². The van der Waals surface area contributed by atoms with E-state index in [1.54, 1.807) is 6.08 Å². The Kier molecular flexibility index (Phi) is 8.94. The van der Waals surface area contributed by atoms with Crippen LogP contribution in [0.3, 0.4) is 0 Å². The Morgan fingerprint density at radius 2 is 1.95 bits per heavy atom. The van der Waals surface area contributed by atoms with E-state index < -0.39 is 12.1 Å². The van der Waals surface area contributed by atoms with E-state index in [4.69, 9.17) is 9.94 Å². The fraction of sp³-hybridized carbons (Fsp3) is 0.529. The van der Waals surface area contributed by atoms with Gasteiger partial charge in [0.1, 0.15) is 0 Å². The van der Waals surface area contributed by atoms with Gasteiger partial charge in [0, 0.05) is 0 Å². The first-order valence-corrected chi connectivity index (χ1v) is 7.55. The highest BCUT2D eigenvalue weighted by atomic mass is 16.6. The summed E-state index contributed by atoms with van der Waals surface area (Å²) in [5.41, 5.74) is 4.93. The number of hydrogen-bond donors (Lipinski definition) is 3. The predicted octanol–water partition coefficient (Wildman–Crippen LogP) is 2.31. The molecule has 1 aromatic rings. The molecule has 0 amide bonds. The van der Waals surface area contributed by atoms with Crippen LogP contribution in [0, 0.1) is 0 Å². The molecule has 4 heteroatoms. The average Bonchev–Trinajstić information content (AvgIpc) is 2.51. The Hall–Kier alpha value is -1.20. The summed E-state index contributed by atoms with van der Waals surface area (Å²) in [6, 6.07) is 7.81. The Balaban J connectivity index is 2.52. The molecule has 21 heavy (non-hydrogen) atoms. The minimum Gasteiger partial charge on any atom is -0.395 e. The Morgan fingerprint density at radius 3 is 2.52 bits per heavy atom. The van der Waals surface area contributed by atoms with E-state index in [-0.39, 0.29) is 6.61 Å². The molecule has 0 spiro atoms. The van der Waals surface area contributed by atoms with Crippen LogP contribution in [0.1, 0.15) is 37.3 Å². The van der Waals surface area contributed by atoms with E-state index in [0.29, 0.717) is 0 Å². The molecule has 1 rings (SSSR count). The number of nitrogens with one attached hydrogen (secondary N) is 1. The van der Waals surface area contributed by atoms with E-state index in [9.17, 15) is 5.11 Å². The first kappa shape index (κ1) is 17.9. The number of unbranched alkanes of at least 4 members (excludes halogenated alkanes) is 2. The largest absolute Gasteiger partial charge is 0.395 e. The third-order valence-electron chi connectivity index (χ3n) is 3.41. The number of hydroxylamine groups is 1. The molecule has 0 aliphatic heterocycles. The lowest BCUT2D eigenvalue weighted by Crippen LogP contribution is -2.41. The van der Waals surface area contributed by atoms with E-state index in [2.05, 4.69) is 24.5 Å². The van der Waals surface area contributed by atoms with Gasteiger partial charge in [0.2, 0.25) is 0 Å². The second-order valence-electron chi connectivity index (χ2n) is 5.16. The maximum atomic E-state index is 9.91. The summed E-state index contributed by atoms with van der Waals surface area (Å²) in [6.45, 7) is 2.01. The van der Waals surface area contributed by atoms with Gasteiger partial charge in [-0.2, -0.15) is 5.48 Å². The van der Waals surface area contributed by atoms with Gasteiger partial charge in [0.05, 0.1) is 25.9 Å². The molecular weight excluding hydrogens is 266 g/mol. The molecule has 0 aliphatic carbocycles. The van der Waals surface area contributed by atoms with Crippen molar-refractivity contribution < 1.29 is 15.1 Å². The van der Waals surface area contributed by atoms with E-state index in [1.165, 1.54) is 31.9 Å². The molecule has 0 heterocycles. The molecule has 0 saturated carbocycles. The van der Waals surface area contributed by atoms with Gasteiger partial charge < -0.3 is 15.1 Å². The second-order valence-corrected chi connectivity index (χ2v) is 5.16. The highest BCUT2D eigenvalue weighted by Gasteiger charge is 2.14. The highest BCUT2D eigenvalue weighted by molar-refractivity contribution is 5.50. The van der Waals surface area contributed by atoms with E-state index >= 15 is 0 Å². The molecule has 3 N–H and O–H groups in total. The van der Waals surface area contributed by atoms with Crippen LogP contribution in [0.5, 0.6) is 0 Å². The zero-order chi connectivity index (χ0) is 15.5. The Labute approximate surface area is 127 Å². The summed E-state index contributed by atoms with van der Waals surface area (Å²) >= 11 is 0. The summed E-state index contributed by atoms with van der Waals surface area (Å²) in [6.07, 6.45) is 7.54. The average molecular weight is 293 g/mol. The van der Waals surface area contributed by atoms with Crippen LogP contribution in [0.4, 0.5) is 0 Å². The molecule has 0 fully saturated rings. The fourth-order valence-electron chi connectivity index (χ4n) is 2.08. The number of rotatable bonds is 10. The first-order valence-electron chi connectivity index (χ1n) is 7.55. The number of aryl methyl sites for hydroxylation is 1. The van der Waals surface area contributed by atoms with Gasteiger partial charge in [-0.3, -0.25) is 0 Å². The number of benzene rings is 1. The summed E-state index contributed by atoms with van der Waals surface area (Å²) in [4.78, 5) is 4.73. The summed E-state index contributed by atoms with van der Waals surface area (Å²) in [7, 11) is 1.45. The summed E-state index contributed by atoms with van der Waals surface area (Å²) < 4.78 is 0. The number of hydrogen-bond acceptors (Lipinski definition) is 4. The lowest BCUT2D eigenvalue weighted by molar-refractivity contribution is 0.000144. The predicted molar refractivity (Wildman–Crippen MR) is 85.7 cm³/mol. The normalized spacial score (nSPS) is 14.5. The zero-order valence-corrected chi connectivity index (χ0v) is 13.0. The van der Waals surface area contributed by atoms with Crippen LogP contribution < -0.4 is 5.48 Å². The quantitative estimate of drug-likeness (QED) is 0.457. The topological polar surface area (TPSA) is 61.7 Å². The van der Waals surface area contributed by atoms with Crippen LogP contribution in [0.15, 0.2) is 30.3 Å². The van der Waals surface area contributed by atoms with Crippen molar-refractivity contribution in [2.45, 2.75) is 44.8 Å². The Bertz CT molecular complexity index is 403. The van der Waals surface area contributed by atoms with Crippen molar-refractivity contribution in [3.8, 4) is 0 Å². The number of aliphatic hydroxyl groups excluding tert-OH is 2. The monoisotopic (exact) mass is 293 g/mol. The second kappa shape index (κ2) is 10.5. The van der Waals surface area contributed by atoms with Gasteiger partial charge in [0.15, 0.2) is 0 Å². The van der Waals surface area contributed by atoms with Gasteiger partial charge >= 0.3 is 0 Å². The molecular formula is C17H27NO3. The van der Waals surface area contributed by atoms with E-state index in [1.807, 2.05) is 18.2 Å². The third kappa shape index (κ3) is 6.87. The maximum Gasteiger partial charge on any atom is 0.0922 e. The fourth-order valence-corrected chi connectivity index (χ4v) is 2.08. The van der Waals surface area contributed by atoms with Gasteiger partial charge in [-0.25, -0.2) is 0 Å². The third-order valence-corrected chi connectivity index (χ3v) is 3.41. The highest BCUT2D eigenvalue weighted by Crippen LogP contribution is 2.10. The first-order chi connectivity index (χ1) is 10.2. The van der Waals surface area contributed by atoms with Crippen molar-refractivity contribution in [1.82, 2.24) is 5.48 Å². The molecule has 0 saturated heterocycles. The van der Waals surface area contributed by atoms with Crippen molar-refractivity contribution in [3.63, 3.8) is 0 Å². The molecule has 0 unspecified atom stereocenters. The number of aliphatic hydroxyl groups is 2. The van der Waals surface area contributed by atoms with Crippen molar-refractivity contribution in [1.29, 1.82) is 0 Å².